The highest BCUT2D eigenvalue weighted by molar-refractivity contribution is 5.81. The summed E-state index contributed by atoms with van der Waals surface area (Å²) in [5, 5.41) is 2.88. The molecule has 1 amide bonds. The average Bonchev–Trinajstić information content (AvgIpc) is 3.35. The Labute approximate surface area is 169 Å². The number of aryl methyl sites for hydroxylation is 2. The Morgan fingerprint density at radius 1 is 1.14 bits per heavy atom. The third-order valence-corrected chi connectivity index (χ3v) is 4.78. The molecule has 1 N–H and O–H groups in total. The van der Waals surface area contributed by atoms with Crippen molar-refractivity contribution in [2.24, 2.45) is 0 Å². The maximum absolute atomic E-state index is 12.5. The number of carbonyl (C=O) groups excluding carboxylic acids is 1. The Bertz CT molecular complexity index is 1130. The second-order valence-electron chi connectivity index (χ2n) is 7.02. The molecule has 0 bridgehead atoms. The predicted octanol–water partition coefficient (Wildman–Crippen LogP) is 4.14. The lowest BCUT2D eigenvalue weighted by molar-refractivity contribution is -0.121. The molecule has 0 atom stereocenters. The second-order valence-corrected chi connectivity index (χ2v) is 7.02. The number of furan rings is 1. The summed E-state index contributed by atoms with van der Waals surface area (Å²) in [7, 11) is 0. The lowest BCUT2D eigenvalue weighted by atomic mass is 10.1. The van der Waals surface area contributed by atoms with Gasteiger partial charge in [0.1, 0.15) is 30.5 Å². The van der Waals surface area contributed by atoms with Gasteiger partial charge in [0.25, 0.3) is 0 Å². The maximum atomic E-state index is 12.5. The molecule has 0 saturated heterocycles. The molecule has 0 spiro atoms. The first-order valence-electron chi connectivity index (χ1n) is 9.53. The van der Waals surface area contributed by atoms with Gasteiger partial charge in [-0.15, -0.1) is 0 Å². The second kappa shape index (κ2) is 8.22. The van der Waals surface area contributed by atoms with Crippen molar-refractivity contribution in [3.05, 3.63) is 83.6 Å². The normalized spacial score (nSPS) is 11.0. The number of aromatic nitrogens is 2. The third kappa shape index (κ3) is 4.32. The lowest BCUT2D eigenvalue weighted by Crippen LogP contribution is -2.27. The third-order valence-electron chi connectivity index (χ3n) is 4.78. The maximum Gasteiger partial charge on any atom is 0.240 e. The van der Waals surface area contributed by atoms with Crippen LogP contribution in [0.2, 0.25) is 0 Å². The van der Waals surface area contributed by atoms with Crippen molar-refractivity contribution in [2.75, 3.05) is 0 Å². The van der Waals surface area contributed by atoms with Crippen molar-refractivity contribution in [1.29, 1.82) is 0 Å². The molecule has 6 heteroatoms. The number of hydrogen-bond acceptors (Lipinski definition) is 4. The van der Waals surface area contributed by atoms with E-state index in [1.165, 1.54) is 0 Å². The zero-order valence-electron chi connectivity index (χ0n) is 16.5. The van der Waals surface area contributed by atoms with Gasteiger partial charge in [-0.05, 0) is 55.3 Å². The van der Waals surface area contributed by atoms with Crippen LogP contribution in [0.3, 0.4) is 0 Å². The van der Waals surface area contributed by atoms with E-state index in [2.05, 4.69) is 16.4 Å². The summed E-state index contributed by atoms with van der Waals surface area (Å²) in [5.74, 6) is 2.14. The van der Waals surface area contributed by atoms with E-state index >= 15 is 0 Å². The smallest absolute Gasteiger partial charge is 0.240 e. The van der Waals surface area contributed by atoms with Crippen LogP contribution in [-0.2, 0) is 24.5 Å². The Kier molecular flexibility index (Phi) is 5.33. The zero-order chi connectivity index (χ0) is 20.2. The molecule has 0 aliphatic carbocycles. The Hall–Kier alpha value is -3.54. The van der Waals surface area contributed by atoms with E-state index in [1.807, 2.05) is 60.9 Å². The minimum Gasteiger partial charge on any atom is -0.485 e. The molecule has 0 aliphatic rings. The molecule has 29 heavy (non-hydrogen) atoms. The van der Waals surface area contributed by atoms with Crippen LogP contribution >= 0.6 is 0 Å². The molecule has 148 valence electrons. The molecule has 0 unspecified atom stereocenters. The molecule has 4 aromatic rings. The van der Waals surface area contributed by atoms with Crippen LogP contribution in [0, 0.1) is 13.8 Å². The highest BCUT2D eigenvalue weighted by Crippen LogP contribution is 2.22. The van der Waals surface area contributed by atoms with E-state index < -0.39 is 0 Å². The van der Waals surface area contributed by atoms with Crippen molar-refractivity contribution in [3.63, 3.8) is 0 Å². The number of fused-ring (bicyclic) bond motifs is 1. The Morgan fingerprint density at radius 3 is 2.83 bits per heavy atom. The van der Waals surface area contributed by atoms with Crippen LogP contribution in [0.1, 0.15) is 22.7 Å². The molecule has 0 fully saturated rings. The Balaban J connectivity index is 1.53. The van der Waals surface area contributed by atoms with Crippen LogP contribution in [0.5, 0.6) is 5.75 Å². The fourth-order valence-electron chi connectivity index (χ4n) is 3.22. The van der Waals surface area contributed by atoms with E-state index in [4.69, 9.17) is 9.15 Å². The van der Waals surface area contributed by atoms with E-state index in [0.717, 1.165) is 27.9 Å². The van der Waals surface area contributed by atoms with Crippen LogP contribution < -0.4 is 10.1 Å². The number of rotatable bonds is 7. The van der Waals surface area contributed by atoms with Crippen molar-refractivity contribution in [3.8, 4) is 5.75 Å². The number of para-hydroxylation sites is 2. The van der Waals surface area contributed by atoms with Crippen LogP contribution in [0.15, 0.2) is 65.3 Å². The molecule has 6 nitrogen and oxygen atoms in total. The standard InChI is InChI=1S/C23H23N3O3/c1-16-9-10-17(2)21(12-16)29-15-22-25-19-7-3-4-8-20(19)26(22)14-23(27)24-13-18-6-5-11-28-18/h3-12H,13-15H2,1-2H3,(H,24,27). The summed E-state index contributed by atoms with van der Waals surface area (Å²) in [6.07, 6.45) is 1.59. The topological polar surface area (TPSA) is 69.3 Å². The summed E-state index contributed by atoms with van der Waals surface area (Å²) in [6.45, 7) is 4.84. The highest BCUT2D eigenvalue weighted by atomic mass is 16.5. The van der Waals surface area contributed by atoms with Gasteiger partial charge in [-0.25, -0.2) is 4.98 Å². The van der Waals surface area contributed by atoms with E-state index in [1.54, 1.807) is 12.3 Å². The molecular formula is C23H23N3O3. The van der Waals surface area contributed by atoms with Gasteiger partial charge in [0.15, 0.2) is 0 Å². The number of nitrogens with one attached hydrogen (secondary N) is 1. The number of ether oxygens (including phenoxy) is 1. The first-order valence-corrected chi connectivity index (χ1v) is 9.53. The van der Waals surface area contributed by atoms with Crippen molar-refractivity contribution < 1.29 is 13.9 Å². The summed E-state index contributed by atoms with van der Waals surface area (Å²) in [4.78, 5) is 17.2. The number of carbonyl (C=O) groups is 1. The number of benzene rings is 2. The van der Waals surface area contributed by atoms with Gasteiger partial charge in [-0.3, -0.25) is 4.79 Å². The fraction of sp³-hybridized carbons (Fsp3) is 0.217. The molecule has 2 heterocycles. The molecule has 2 aromatic heterocycles. The molecule has 4 rings (SSSR count). The van der Waals surface area contributed by atoms with Crippen LogP contribution in [0.4, 0.5) is 0 Å². The SMILES string of the molecule is Cc1ccc(C)c(OCc2nc3ccccc3n2CC(=O)NCc2ccco2)c1. The van der Waals surface area contributed by atoms with Crippen molar-refractivity contribution in [1.82, 2.24) is 14.9 Å². The fourth-order valence-corrected chi connectivity index (χ4v) is 3.22. The monoisotopic (exact) mass is 389 g/mol. The quantitative estimate of drug-likeness (QED) is 0.516. The van der Waals surface area contributed by atoms with E-state index in [-0.39, 0.29) is 19.1 Å². The van der Waals surface area contributed by atoms with Gasteiger partial charge in [0.05, 0.1) is 23.8 Å². The largest absolute Gasteiger partial charge is 0.485 e. The van der Waals surface area contributed by atoms with E-state index in [9.17, 15) is 4.79 Å². The van der Waals surface area contributed by atoms with Gasteiger partial charge < -0.3 is 19.0 Å². The molecule has 2 aromatic carbocycles. The first kappa shape index (κ1) is 18.8. The summed E-state index contributed by atoms with van der Waals surface area (Å²) >= 11 is 0. The molecular weight excluding hydrogens is 366 g/mol. The summed E-state index contributed by atoms with van der Waals surface area (Å²) < 4.78 is 13.2. The summed E-state index contributed by atoms with van der Waals surface area (Å²) in [6, 6.07) is 17.5. The Morgan fingerprint density at radius 2 is 2.00 bits per heavy atom. The molecule has 0 radical (unpaired) electrons. The zero-order valence-corrected chi connectivity index (χ0v) is 16.5. The number of imidazole rings is 1. The minimum atomic E-state index is -0.113. The minimum absolute atomic E-state index is 0.113. The van der Waals surface area contributed by atoms with Gasteiger partial charge in [0.2, 0.25) is 5.91 Å². The lowest BCUT2D eigenvalue weighted by Gasteiger charge is -2.12. The van der Waals surface area contributed by atoms with Crippen molar-refractivity contribution in [2.45, 2.75) is 33.5 Å². The predicted molar refractivity (Wildman–Crippen MR) is 111 cm³/mol. The van der Waals surface area contributed by atoms with E-state index in [0.29, 0.717) is 18.1 Å². The first-order chi connectivity index (χ1) is 14.1. The number of hydrogen-bond donors (Lipinski definition) is 1. The van der Waals surface area contributed by atoms with Gasteiger partial charge in [0, 0.05) is 0 Å². The average molecular weight is 389 g/mol. The van der Waals surface area contributed by atoms with Crippen molar-refractivity contribution >= 4 is 16.9 Å². The number of nitrogens with zero attached hydrogens (tertiary/aromatic N) is 2. The molecule has 0 saturated carbocycles. The number of amides is 1. The highest BCUT2D eigenvalue weighted by Gasteiger charge is 2.15. The van der Waals surface area contributed by atoms with Gasteiger partial charge >= 0.3 is 0 Å². The summed E-state index contributed by atoms with van der Waals surface area (Å²) in [5.41, 5.74) is 3.94. The van der Waals surface area contributed by atoms with Crippen LogP contribution in [-0.4, -0.2) is 15.5 Å². The molecule has 0 aliphatic heterocycles. The van der Waals surface area contributed by atoms with Gasteiger partial charge in [-0.2, -0.15) is 0 Å². The van der Waals surface area contributed by atoms with Gasteiger partial charge in [-0.1, -0.05) is 24.3 Å². The van der Waals surface area contributed by atoms with Crippen LogP contribution in [0.25, 0.3) is 11.0 Å².